The molecule has 0 saturated heterocycles. The Kier molecular flexibility index (Phi) is 5.30. The zero-order valence-corrected chi connectivity index (χ0v) is 14.8. The molecule has 0 amide bonds. The van der Waals surface area contributed by atoms with Crippen molar-refractivity contribution in [3.8, 4) is 0 Å². The van der Waals surface area contributed by atoms with E-state index in [1.54, 1.807) is 19.1 Å². The average Bonchev–Trinajstić information content (AvgIpc) is 2.58. The van der Waals surface area contributed by atoms with Crippen LogP contribution in [0.1, 0.15) is 50.2 Å². The van der Waals surface area contributed by atoms with Crippen molar-refractivity contribution >= 4 is 17.5 Å². The summed E-state index contributed by atoms with van der Waals surface area (Å²) >= 11 is 0. The maximum Gasteiger partial charge on any atom is 0.304 e. The molecule has 4 nitrogen and oxygen atoms in total. The van der Waals surface area contributed by atoms with Crippen molar-refractivity contribution in [3.63, 3.8) is 0 Å². The number of nitrogens with zero attached hydrogens (tertiary/aromatic N) is 2. The first-order valence-electron chi connectivity index (χ1n) is 9.07. The Labute approximate surface area is 147 Å². The lowest BCUT2D eigenvalue weighted by atomic mass is 9.73. The SMILES string of the molecule is Cc1cc(C2=NCC(CC(=O)O)C(C3CCCCC3C)=N2)ccc1F. The number of amidine groups is 1. The number of hydrogen-bond acceptors (Lipinski definition) is 3. The van der Waals surface area contributed by atoms with Crippen LogP contribution in [0.5, 0.6) is 0 Å². The van der Waals surface area contributed by atoms with Crippen molar-refractivity contribution in [2.75, 3.05) is 6.54 Å². The fraction of sp³-hybridized carbons (Fsp3) is 0.550. The van der Waals surface area contributed by atoms with E-state index in [1.165, 1.54) is 12.5 Å². The normalized spacial score (nSPS) is 26.8. The van der Waals surface area contributed by atoms with Crippen LogP contribution in [0.2, 0.25) is 0 Å². The highest BCUT2D eigenvalue weighted by molar-refractivity contribution is 6.10. The predicted octanol–water partition coefficient (Wildman–Crippen LogP) is 4.25. The van der Waals surface area contributed by atoms with E-state index in [9.17, 15) is 14.3 Å². The minimum absolute atomic E-state index is 0.0707. The van der Waals surface area contributed by atoms with E-state index >= 15 is 0 Å². The van der Waals surface area contributed by atoms with Gasteiger partial charge < -0.3 is 5.11 Å². The van der Waals surface area contributed by atoms with Crippen LogP contribution >= 0.6 is 0 Å². The molecule has 3 rings (SSSR count). The van der Waals surface area contributed by atoms with Gasteiger partial charge in [-0.1, -0.05) is 26.2 Å². The van der Waals surface area contributed by atoms with Crippen LogP contribution in [0.15, 0.2) is 28.2 Å². The minimum atomic E-state index is -0.808. The molecule has 1 aromatic rings. The Balaban J connectivity index is 1.94. The molecule has 1 aromatic carbocycles. The molecular formula is C20H25FN2O2. The first-order valence-corrected chi connectivity index (χ1v) is 9.07. The standard InChI is InChI=1S/C20H25FN2O2/c1-12-5-3-4-6-16(12)19-15(10-18(24)25)11-22-20(23-19)14-7-8-17(21)13(2)9-14/h7-9,12,15-16H,3-6,10-11H2,1-2H3,(H,24,25). The van der Waals surface area contributed by atoms with Gasteiger partial charge >= 0.3 is 5.97 Å². The summed E-state index contributed by atoms with van der Waals surface area (Å²) in [5, 5.41) is 9.25. The molecule has 2 aliphatic rings. The number of aliphatic imine (C=N–C) groups is 2. The number of carboxylic acids is 1. The van der Waals surface area contributed by atoms with Crippen LogP contribution in [0.4, 0.5) is 4.39 Å². The number of aliphatic carboxylic acids is 1. The van der Waals surface area contributed by atoms with Crippen molar-refractivity contribution in [1.29, 1.82) is 0 Å². The maximum absolute atomic E-state index is 13.5. The molecule has 1 N–H and O–H groups in total. The van der Waals surface area contributed by atoms with E-state index < -0.39 is 5.97 Å². The van der Waals surface area contributed by atoms with E-state index in [-0.39, 0.29) is 18.2 Å². The molecule has 0 spiro atoms. The molecule has 1 saturated carbocycles. The second-order valence-electron chi connectivity index (χ2n) is 7.33. The molecule has 0 bridgehead atoms. The lowest BCUT2D eigenvalue weighted by Gasteiger charge is -2.34. The van der Waals surface area contributed by atoms with E-state index in [4.69, 9.17) is 4.99 Å². The van der Waals surface area contributed by atoms with Gasteiger partial charge in [0.05, 0.1) is 6.42 Å². The topological polar surface area (TPSA) is 62.0 Å². The first-order chi connectivity index (χ1) is 12.0. The average molecular weight is 344 g/mol. The summed E-state index contributed by atoms with van der Waals surface area (Å²) in [7, 11) is 0. The van der Waals surface area contributed by atoms with Gasteiger partial charge in [0, 0.05) is 29.7 Å². The summed E-state index contributed by atoms with van der Waals surface area (Å²) in [4.78, 5) is 20.6. The van der Waals surface area contributed by atoms with Crippen LogP contribution in [0, 0.1) is 30.5 Å². The molecule has 1 aliphatic carbocycles. The summed E-state index contributed by atoms with van der Waals surface area (Å²) in [5.74, 6) is 0.264. The Morgan fingerprint density at radius 3 is 2.76 bits per heavy atom. The zero-order valence-electron chi connectivity index (χ0n) is 14.8. The van der Waals surface area contributed by atoms with E-state index in [1.807, 2.05) is 0 Å². The molecule has 1 aliphatic heterocycles. The minimum Gasteiger partial charge on any atom is -0.481 e. The summed E-state index contributed by atoms with van der Waals surface area (Å²) < 4.78 is 13.5. The third-order valence-corrected chi connectivity index (χ3v) is 5.44. The van der Waals surface area contributed by atoms with Gasteiger partial charge in [0.2, 0.25) is 0 Å². The van der Waals surface area contributed by atoms with Crippen LogP contribution in [-0.4, -0.2) is 29.2 Å². The Morgan fingerprint density at radius 2 is 2.08 bits per heavy atom. The molecule has 1 fully saturated rings. The van der Waals surface area contributed by atoms with Gasteiger partial charge in [-0.2, -0.15) is 0 Å². The van der Waals surface area contributed by atoms with Gasteiger partial charge in [-0.05, 0) is 43.0 Å². The number of halogens is 1. The van der Waals surface area contributed by atoms with Crippen LogP contribution < -0.4 is 0 Å². The van der Waals surface area contributed by atoms with Gasteiger partial charge in [-0.15, -0.1) is 0 Å². The van der Waals surface area contributed by atoms with Crippen LogP contribution in [0.3, 0.4) is 0 Å². The highest BCUT2D eigenvalue weighted by Crippen LogP contribution is 2.35. The fourth-order valence-corrected chi connectivity index (χ4v) is 4.00. The molecule has 134 valence electrons. The molecule has 1 heterocycles. The summed E-state index contributed by atoms with van der Waals surface area (Å²) in [6, 6.07) is 4.90. The molecule has 0 radical (unpaired) electrons. The van der Waals surface area contributed by atoms with Crippen molar-refractivity contribution in [1.82, 2.24) is 0 Å². The van der Waals surface area contributed by atoms with E-state index in [0.29, 0.717) is 29.8 Å². The van der Waals surface area contributed by atoms with Crippen molar-refractivity contribution in [2.45, 2.75) is 46.0 Å². The van der Waals surface area contributed by atoms with Crippen molar-refractivity contribution in [3.05, 3.63) is 35.1 Å². The van der Waals surface area contributed by atoms with E-state index in [0.717, 1.165) is 30.5 Å². The highest BCUT2D eigenvalue weighted by atomic mass is 19.1. The number of aryl methyl sites for hydroxylation is 1. The van der Waals surface area contributed by atoms with Gasteiger partial charge in [-0.25, -0.2) is 9.38 Å². The molecule has 5 heteroatoms. The lowest BCUT2D eigenvalue weighted by Crippen LogP contribution is -2.36. The van der Waals surface area contributed by atoms with Gasteiger partial charge in [0.25, 0.3) is 0 Å². The Morgan fingerprint density at radius 1 is 1.32 bits per heavy atom. The third-order valence-electron chi connectivity index (χ3n) is 5.44. The predicted molar refractivity (Wildman–Crippen MR) is 96.8 cm³/mol. The summed E-state index contributed by atoms with van der Waals surface area (Å²) in [5.41, 5.74) is 2.35. The van der Waals surface area contributed by atoms with Crippen LogP contribution in [0.25, 0.3) is 0 Å². The number of carboxylic acid groups (broad SMARTS) is 1. The molecule has 3 atom stereocenters. The smallest absolute Gasteiger partial charge is 0.304 e. The molecule has 0 aromatic heterocycles. The summed E-state index contributed by atoms with van der Waals surface area (Å²) in [6.07, 6.45) is 4.68. The second-order valence-corrected chi connectivity index (χ2v) is 7.33. The highest BCUT2D eigenvalue weighted by Gasteiger charge is 2.34. The largest absolute Gasteiger partial charge is 0.481 e. The number of hydrogen-bond donors (Lipinski definition) is 1. The van der Waals surface area contributed by atoms with Gasteiger partial charge in [-0.3, -0.25) is 9.79 Å². The third kappa shape index (κ3) is 3.97. The quantitative estimate of drug-likeness (QED) is 0.887. The molecular weight excluding hydrogens is 319 g/mol. The van der Waals surface area contributed by atoms with E-state index in [2.05, 4.69) is 11.9 Å². The number of carbonyl (C=O) groups is 1. The van der Waals surface area contributed by atoms with Gasteiger partial charge in [0.1, 0.15) is 5.82 Å². The fourth-order valence-electron chi connectivity index (χ4n) is 4.00. The monoisotopic (exact) mass is 344 g/mol. The Hall–Kier alpha value is -2.04. The first kappa shape index (κ1) is 17.8. The lowest BCUT2D eigenvalue weighted by molar-refractivity contribution is -0.137. The maximum atomic E-state index is 13.5. The molecule has 3 unspecified atom stereocenters. The Bertz CT molecular complexity index is 726. The molecule has 25 heavy (non-hydrogen) atoms. The number of benzene rings is 1. The number of rotatable bonds is 4. The second kappa shape index (κ2) is 7.46. The zero-order chi connectivity index (χ0) is 18.0. The summed E-state index contributed by atoms with van der Waals surface area (Å²) in [6.45, 7) is 4.40. The van der Waals surface area contributed by atoms with Crippen molar-refractivity contribution in [2.24, 2.45) is 27.7 Å². The van der Waals surface area contributed by atoms with Crippen molar-refractivity contribution < 1.29 is 14.3 Å². The van der Waals surface area contributed by atoms with Crippen LogP contribution in [-0.2, 0) is 4.79 Å². The van der Waals surface area contributed by atoms with Gasteiger partial charge in [0.15, 0.2) is 5.84 Å².